The van der Waals surface area contributed by atoms with Gasteiger partial charge in [0.25, 0.3) is 10.1 Å². The number of fused-ring (bicyclic) bond motifs is 1. The van der Waals surface area contributed by atoms with Crippen molar-refractivity contribution in [1.29, 1.82) is 0 Å². The van der Waals surface area contributed by atoms with Crippen LogP contribution in [0.3, 0.4) is 0 Å². The van der Waals surface area contributed by atoms with Gasteiger partial charge in [0, 0.05) is 0 Å². The molecule has 0 N–H and O–H groups in total. The molecule has 0 saturated carbocycles. The van der Waals surface area contributed by atoms with Crippen molar-refractivity contribution in [1.82, 2.24) is 0 Å². The molecule has 0 bridgehead atoms. The number of rotatable bonds is 0. The van der Waals surface area contributed by atoms with Gasteiger partial charge in [-0.3, -0.25) is 0 Å². The minimum atomic E-state index is -3.60. The van der Waals surface area contributed by atoms with Crippen molar-refractivity contribution in [2.75, 3.05) is 6.79 Å². The fraction of sp³-hybridized carbons (Fsp3) is 0.400. The van der Waals surface area contributed by atoms with Crippen molar-refractivity contribution in [3.63, 3.8) is 0 Å². The molecule has 0 fully saturated rings. The molecule has 0 spiro atoms. The molecular weight excluding hydrogens is 216 g/mol. The first-order chi connectivity index (χ1) is 7.20. The number of hydrogen-bond donors (Lipinski definition) is 0. The summed E-state index contributed by atoms with van der Waals surface area (Å²) < 4.78 is 32.3. The highest BCUT2D eigenvalue weighted by Gasteiger charge is 2.21. The maximum atomic E-state index is 11.4. The Labute approximate surface area is 90.0 Å². The Balaban J connectivity index is 0.000000531. The molecule has 1 aliphatic heterocycles. The number of benzene rings is 1. The predicted octanol–water partition coefficient (Wildman–Crippen LogP) is 1.91. The number of hydrogen-bond acceptors (Lipinski definition) is 4. The Morgan fingerprint density at radius 1 is 1.20 bits per heavy atom. The van der Waals surface area contributed by atoms with Crippen molar-refractivity contribution in [3.05, 3.63) is 29.8 Å². The molecule has 2 rings (SSSR count). The summed E-state index contributed by atoms with van der Waals surface area (Å²) in [4.78, 5) is 0.201. The van der Waals surface area contributed by atoms with Crippen LogP contribution in [0.5, 0.6) is 0 Å². The lowest BCUT2D eigenvalue weighted by Crippen LogP contribution is -2.05. The second-order valence-corrected chi connectivity index (χ2v) is 4.23. The second-order valence-electron chi connectivity index (χ2n) is 2.65. The van der Waals surface area contributed by atoms with Crippen LogP contribution < -0.4 is 0 Å². The summed E-state index contributed by atoms with van der Waals surface area (Å²) in [5, 5.41) is 0. The van der Waals surface area contributed by atoms with Crippen LogP contribution in [0.15, 0.2) is 29.2 Å². The third-order valence-electron chi connectivity index (χ3n) is 1.79. The highest BCUT2D eigenvalue weighted by Crippen LogP contribution is 2.21. The van der Waals surface area contributed by atoms with Gasteiger partial charge in [-0.1, -0.05) is 32.0 Å². The van der Waals surface area contributed by atoms with Gasteiger partial charge in [0.15, 0.2) is 6.79 Å². The average Bonchev–Trinajstić information content (AvgIpc) is 2.41. The van der Waals surface area contributed by atoms with E-state index in [1.165, 1.54) is 6.07 Å². The van der Waals surface area contributed by atoms with Crippen LogP contribution >= 0.6 is 0 Å². The predicted molar refractivity (Wildman–Crippen MR) is 55.7 cm³/mol. The SMILES string of the molecule is CC.O=S1(=O)OCOCc2ccccc21. The zero-order valence-electron chi connectivity index (χ0n) is 8.76. The van der Waals surface area contributed by atoms with Crippen LogP contribution in [-0.4, -0.2) is 15.2 Å². The summed E-state index contributed by atoms with van der Waals surface area (Å²) in [6, 6.07) is 6.65. The molecule has 0 aliphatic carbocycles. The van der Waals surface area contributed by atoms with Crippen LogP contribution in [0, 0.1) is 0 Å². The highest BCUT2D eigenvalue weighted by molar-refractivity contribution is 7.86. The zero-order chi connectivity index (χ0) is 11.3. The topological polar surface area (TPSA) is 52.6 Å². The Kier molecular flexibility index (Phi) is 4.26. The molecule has 0 radical (unpaired) electrons. The minimum Gasteiger partial charge on any atom is -0.349 e. The molecule has 84 valence electrons. The first kappa shape index (κ1) is 12.2. The second kappa shape index (κ2) is 5.25. The van der Waals surface area contributed by atoms with Crippen LogP contribution in [-0.2, 0) is 25.6 Å². The summed E-state index contributed by atoms with van der Waals surface area (Å²) in [5.41, 5.74) is 0.639. The van der Waals surface area contributed by atoms with Crippen molar-refractivity contribution >= 4 is 10.1 Å². The van der Waals surface area contributed by atoms with Crippen LogP contribution in [0.1, 0.15) is 19.4 Å². The van der Waals surface area contributed by atoms with E-state index in [0.717, 1.165) is 0 Å². The molecule has 1 aliphatic rings. The van der Waals surface area contributed by atoms with Crippen molar-refractivity contribution in [3.8, 4) is 0 Å². The van der Waals surface area contributed by atoms with E-state index in [-0.39, 0.29) is 18.3 Å². The fourth-order valence-corrected chi connectivity index (χ4v) is 2.19. The Hall–Kier alpha value is -0.910. The van der Waals surface area contributed by atoms with Gasteiger partial charge in [-0.15, -0.1) is 0 Å². The first-order valence-electron chi connectivity index (χ1n) is 4.75. The Bertz CT molecular complexity index is 411. The lowest BCUT2D eigenvalue weighted by Gasteiger charge is -2.01. The number of ether oxygens (including phenoxy) is 1. The molecule has 15 heavy (non-hydrogen) atoms. The van der Waals surface area contributed by atoms with Crippen LogP contribution in [0.4, 0.5) is 0 Å². The summed E-state index contributed by atoms with van der Waals surface area (Å²) in [6.45, 7) is 4.06. The fourth-order valence-electron chi connectivity index (χ4n) is 1.18. The van der Waals surface area contributed by atoms with Gasteiger partial charge >= 0.3 is 0 Å². The summed E-state index contributed by atoms with van der Waals surface area (Å²) >= 11 is 0. The highest BCUT2D eigenvalue weighted by atomic mass is 32.2. The molecule has 1 heterocycles. The van der Waals surface area contributed by atoms with E-state index in [4.69, 9.17) is 4.74 Å². The van der Waals surface area contributed by atoms with Gasteiger partial charge < -0.3 is 4.74 Å². The normalized spacial score (nSPS) is 18.0. The lowest BCUT2D eigenvalue weighted by molar-refractivity contribution is 0.0140. The van der Waals surface area contributed by atoms with Crippen molar-refractivity contribution < 1.29 is 17.3 Å². The molecule has 0 unspecified atom stereocenters. The van der Waals surface area contributed by atoms with E-state index in [9.17, 15) is 8.42 Å². The molecule has 5 heteroatoms. The molecule has 0 atom stereocenters. The summed E-state index contributed by atoms with van der Waals surface area (Å²) in [7, 11) is -3.60. The third kappa shape index (κ3) is 2.77. The van der Waals surface area contributed by atoms with E-state index in [2.05, 4.69) is 4.18 Å². The Morgan fingerprint density at radius 3 is 2.60 bits per heavy atom. The van der Waals surface area contributed by atoms with Crippen LogP contribution in [0.25, 0.3) is 0 Å². The van der Waals surface area contributed by atoms with Crippen molar-refractivity contribution in [2.45, 2.75) is 25.3 Å². The van der Waals surface area contributed by atoms with E-state index in [1.54, 1.807) is 18.2 Å². The van der Waals surface area contributed by atoms with Gasteiger partial charge in [-0.05, 0) is 11.6 Å². The maximum absolute atomic E-state index is 11.4. The van der Waals surface area contributed by atoms with E-state index in [0.29, 0.717) is 5.56 Å². The molecule has 0 amide bonds. The zero-order valence-corrected chi connectivity index (χ0v) is 9.58. The first-order valence-corrected chi connectivity index (χ1v) is 6.16. The molecule has 4 nitrogen and oxygen atoms in total. The van der Waals surface area contributed by atoms with Gasteiger partial charge in [0.2, 0.25) is 0 Å². The van der Waals surface area contributed by atoms with Crippen LogP contribution in [0.2, 0.25) is 0 Å². The molecule has 0 saturated heterocycles. The largest absolute Gasteiger partial charge is 0.349 e. The van der Waals surface area contributed by atoms with Gasteiger partial charge in [0.1, 0.15) is 0 Å². The molecule has 0 aromatic heterocycles. The summed E-state index contributed by atoms with van der Waals surface area (Å²) in [6.07, 6.45) is 0. The quantitative estimate of drug-likeness (QED) is 0.639. The average molecular weight is 230 g/mol. The third-order valence-corrected chi connectivity index (χ3v) is 3.13. The smallest absolute Gasteiger partial charge is 0.299 e. The molecular formula is C10H14O4S. The molecule has 1 aromatic rings. The van der Waals surface area contributed by atoms with Gasteiger partial charge in [0.05, 0.1) is 11.5 Å². The van der Waals surface area contributed by atoms with Crippen molar-refractivity contribution in [2.24, 2.45) is 0 Å². The Morgan fingerprint density at radius 2 is 1.87 bits per heavy atom. The minimum absolute atomic E-state index is 0.201. The van der Waals surface area contributed by atoms with Gasteiger partial charge in [-0.2, -0.15) is 8.42 Å². The summed E-state index contributed by atoms with van der Waals surface area (Å²) in [5.74, 6) is 0. The van der Waals surface area contributed by atoms with E-state index in [1.807, 2.05) is 13.8 Å². The molecule has 1 aromatic carbocycles. The maximum Gasteiger partial charge on any atom is 0.299 e. The lowest BCUT2D eigenvalue weighted by atomic mass is 10.2. The van der Waals surface area contributed by atoms with Gasteiger partial charge in [-0.25, -0.2) is 4.18 Å². The standard InChI is InChI=1S/C8H8O4S.C2H6/c9-13(10)8-4-2-1-3-7(8)5-11-6-12-13;1-2/h1-4H,5-6H2;1-2H3. The van der Waals surface area contributed by atoms with E-state index < -0.39 is 10.1 Å². The van der Waals surface area contributed by atoms with E-state index >= 15 is 0 Å². The monoisotopic (exact) mass is 230 g/mol.